The Bertz CT molecular complexity index is 164. The second-order valence-corrected chi connectivity index (χ2v) is 1.94. The number of nitrogens with zero attached hydrogens (tertiary/aromatic N) is 2. The van der Waals surface area contributed by atoms with E-state index in [-0.39, 0.29) is 5.91 Å². The monoisotopic (exact) mass is 127 g/mol. The third kappa shape index (κ3) is 1.01. The molecule has 9 heavy (non-hydrogen) atoms. The van der Waals surface area contributed by atoms with Crippen molar-refractivity contribution in [1.29, 1.82) is 0 Å². The molecule has 0 bridgehead atoms. The average molecular weight is 127 g/mol. The highest BCUT2D eigenvalue weighted by molar-refractivity contribution is 5.97. The van der Waals surface area contributed by atoms with Gasteiger partial charge in [-0.2, -0.15) is 0 Å². The van der Waals surface area contributed by atoms with Gasteiger partial charge >= 0.3 is 0 Å². The highest BCUT2D eigenvalue weighted by Crippen LogP contribution is 1.97. The van der Waals surface area contributed by atoms with Crippen LogP contribution >= 0.6 is 0 Å². The van der Waals surface area contributed by atoms with Gasteiger partial charge in [-0.15, -0.1) is 0 Å². The molecule has 0 unspecified atom stereocenters. The number of hydrogen-bond donors (Lipinski definition) is 1. The number of amides is 1. The summed E-state index contributed by atoms with van der Waals surface area (Å²) in [5, 5.41) is 0. The number of hydrogen-bond acceptors (Lipinski definition) is 3. The summed E-state index contributed by atoms with van der Waals surface area (Å²) in [6, 6.07) is 0. The minimum Gasteiger partial charge on any atom is -0.369 e. The van der Waals surface area contributed by atoms with Gasteiger partial charge in [-0.25, -0.2) is 0 Å². The van der Waals surface area contributed by atoms with Gasteiger partial charge in [-0.3, -0.25) is 14.7 Å². The molecule has 0 aromatic rings. The molecule has 1 amide bonds. The van der Waals surface area contributed by atoms with Gasteiger partial charge in [0.05, 0.1) is 6.54 Å². The van der Waals surface area contributed by atoms with Crippen LogP contribution in [0.2, 0.25) is 0 Å². The average Bonchev–Trinajstić information content (AvgIpc) is 1.83. The number of guanidine groups is 1. The van der Waals surface area contributed by atoms with Crippen LogP contribution in [0.15, 0.2) is 4.99 Å². The maximum atomic E-state index is 10.8. The van der Waals surface area contributed by atoms with Gasteiger partial charge in [-0.1, -0.05) is 0 Å². The number of carbonyl (C=O) groups excluding carboxylic acids is 1. The summed E-state index contributed by atoms with van der Waals surface area (Å²) in [7, 11) is 1.63. The molecular weight excluding hydrogens is 118 g/mol. The molecule has 2 N–H and O–H groups in total. The molecule has 0 aromatic heterocycles. The molecular formula is C5H9N3O. The van der Waals surface area contributed by atoms with E-state index in [0.717, 1.165) is 0 Å². The Morgan fingerprint density at radius 1 is 1.78 bits per heavy atom. The standard InChI is InChI=1S/C5H9N3O/c1-8-4(9)2-3-7-5(8)6/h2-3H2,1H3,(H2,6,7). The van der Waals surface area contributed by atoms with Crippen molar-refractivity contribution in [2.75, 3.05) is 13.6 Å². The first-order valence-corrected chi connectivity index (χ1v) is 2.78. The lowest BCUT2D eigenvalue weighted by molar-refractivity contribution is -0.126. The minimum atomic E-state index is 0.0440. The second kappa shape index (κ2) is 2.05. The quantitative estimate of drug-likeness (QED) is 0.461. The molecule has 0 saturated carbocycles. The smallest absolute Gasteiger partial charge is 0.230 e. The Balaban J connectivity index is 2.74. The van der Waals surface area contributed by atoms with Gasteiger partial charge < -0.3 is 5.73 Å². The molecule has 0 aliphatic carbocycles. The van der Waals surface area contributed by atoms with E-state index in [2.05, 4.69) is 4.99 Å². The molecule has 4 heteroatoms. The molecule has 0 radical (unpaired) electrons. The molecule has 0 aromatic carbocycles. The van der Waals surface area contributed by atoms with Crippen LogP contribution in [0.3, 0.4) is 0 Å². The molecule has 50 valence electrons. The first-order chi connectivity index (χ1) is 4.22. The van der Waals surface area contributed by atoms with Gasteiger partial charge in [0.1, 0.15) is 0 Å². The van der Waals surface area contributed by atoms with Crippen molar-refractivity contribution in [3.8, 4) is 0 Å². The lowest BCUT2D eigenvalue weighted by atomic mass is 10.3. The SMILES string of the molecule is CN1C(=O)CCN=C1N. The van der Waals surface area contributed by atoms with Gasteiger partial charge in [0, 0.05) is 13.5 Å². The van der Waals surface area contributed by atoms with E-state index < -0.39 is 0 Å². The zero-order valence-corrected chi connectivity index (χ0v) is 5.29. The van der Waals surface area contributed by atoms with Crippen LogP contribution in [-0.4, -0.2) is 30.4 Å². The lowest BCUT2D eigenvalue weighted by Gasteiger charge is -2.19. The zero-order valence-electron chi connectivity index (χ0n) is 5.29. The number of carbonyl (C=O) groups is 1. The first-order valence-electron chi connectivity index (χ1n) is 2.78. The zero-order chi connectivity index (χ0) is 6.85. The number of rotatable bonds is 0. The molecule has 1 aliphatic rings. The van der Waals surface area contributed by atoms with Crippen molar-refractivity contribution in [2.24, 2.45) is 10.7 Å². The fourth-order valence-electron chi connectivity index (χ4n) is 0.668. The topological polar surface area (TPSA) is 58.7 Å². The molecule has 1 aliphatic heterocycles. The van der Waals surface area contributed by atoms with E-state index in [9.17, 15) is 4.79 Å². The van der Waals surface area contributed by atoms with Crippen LogP contribution < -0.4 is 5.73 Å². The third-order valence-electron chi connectivity index (χ3n) is 1.32. The first kappa shape index (κ1) is 6.07. The summed E-state index contributed by atoms with van der Waals surface area (Å²) in [6.45, 7) is 0.537. The van der Waals surface area contributed by atoms with Crippen molar-refractivity contribution >= 4 is 11.9 Å². The van der Waals surface area contributed by atoms with Crippen LogP contribution in [0.25, 0.3) is 0 Å². The fourth-order valence-corrected chi connectivity index (χ4v) is 0.668. The normalized spacial score (nSPS) is 19.9. The molecule has 0 spiro atoms. The van der Waals surface area contributed by atoms with Crippen LogP contribution in [0, 0.1) is 0 Å². The van der Waals surface area contributed by atoms with E-state index in [0.29, 0.717) is 18.9 Å². The van der Waals surface area contributed by atoms with E-state index in [1.54, 1.807) is 7.05 Å². The van der Waals surface area contributed by atoms with E-state index >= 15 is 0 Å². The Morgan fingerprint density at radius 3 is 2.89 bits per heavy atom. The van der Waals surface area contributed by atoms with Crippen molar-refractivity contribution in [2.45, 2.75) is 6.42 Å². The lowest BCUT2D eigenvalue weighted by Crippen LogP contribution is -2.42. The number of nitrogens with two attached hydrogens (primary N) is 1. The highest BCUT2D eigenvalue weighted by atomic mass is 16.2. The van der Waals surface area contributed by atoms with Gasteiger partial charge in [0.15, 0.2) is 5.96 Å². The fraction of sp³-hybridized carbons (Fsp3) is 0.600. The molecule has 0 saturated heterocycles. The van der Waals surface area contributed by atoms with Crippen LogP contribution in [0.5, 0.6) is 0 Å². The summed E-state index contributed by atoms with van der Waals surface area (Å²) >= 11 is 0. The van der Waals surface area contributed by atoms with Crippen molar-refractivity contribution in [3.05, 3.63) is 0 Å². The Morgan fingerprint density at radius 2 is 2.44 bits per heavy atom. The maximum absolute atomic E-state index is 10.8. The predicted molar refractivity (Wildman–Crippen MR) is 33.9 cm³/mol. The molecule has 1 heterocycles. The molecule has 4 nitrogen and oxygen atoms in total. The number of aliphatic imine (C=N–C) groups is 1. The van der Waals surface area contributed by atoms with Crippen molar-refractivity contribution in [3.63, 3.8) is 0 Å². The van der Waals surface area contributed by atoms with E-state index in [1.165, 1.54) is 4.90 Å². The van der Waals surface area contributed by atoms with Crippen molar-refractivity contribution < 1.29 is 4.79 Å². The highest BCUT2D eigenvalue weighted by Gasteiger charge is 2.15. The third-order valence-corrected chi connectivity index (χ3v) is 1.32. The predicted octanol–water partition coefficient (Wildman–Crippen LogP) is -0.837. The van der Waals surface area contributed by atoms with E-state index in [1.807, 2.05) is 0 Å². The van der Waals surface area contributed by atoms with Crippen molar-refractivity contribution in [1.82, 2.24) is 4.90 Å². The van der Waals surface area contributed by atoms with E-state index in [4.69, 9.17) is 5.73 Å². The van der Waals surface area contributed by atoms with Crippen LogP contribution in [-0.2, 0) is 4.79 Å². The molecule has 0 atom stereocenters. The Hall–Kier alpha value is -1.06. The summed E-state index contributed by atoms with van der Waals surface area (Å²) in [6.07, 6.45) is 0.483. The summed E-state index contributed by atoms with van der Waals surface area (Å²) < 4.78 is 0. The van der Waals surface area contributed by atoms with Gasteiger partial charge in [0.25, 0.3) is 0 Å². The molecule has 0 fully saturated rings. The van der Waals surface area contributed by atoms with Crippen LogP contribution in [0.1, 0.15) is 6.42 Å². The minimum absolute atomic E-state index is 0.0440. The van der Waals surface area contributed by atoms with Gasteiger partial charge in [0.2, 0.25) is 5.91 Å². The van der Waals surface area contributed by atoms with Gasteiger partial charge in [-0.05, 0) is 0 Å². The largest absolute Gasteiger partial charge is 0.369 e. The Labute approximate surface area is 53.3 Å². The summed E-state index contributed by atoms with van der Waals surface area (Å²) in [5.74, 6) is 0.369. The maximum Gasteiger partial charge on any atom is 0.230 e. The Kier molecular flexibility index (Phi) is 1.38. The summed E-state index contributed by atoms with van der Waals surface area (Å²) in [5.41, 5.74) is 5.32. The second-order valence-electron chi connectivity index (χ2n) is 1.94. The van der Waals surface area contributed by atoms with Crippen LogP contribution in [0.4, 0.5) is 0 Å². The molecule has 1 rings (SSSR count). The summed E-state index contributed by atoms with van der Waals surface area (Å²) in [4.78, 5) is 16.0.